The normalized spacial score (nSPS) is 6.30. The summed E-state index contributed by atoms with van der Waals surface area (Å²) in [6, 6.07) is 0. The fraction of sp³-hybridized carbons (Fsp3) is 0.929. The Hall–Kier alpha value is -0.900. The molecule has 0 aromatic heterocycles. The largest absolute Gasteiger partial charge is 1.00 e. The molecular formula is C14H43F3N4O2. The number of hydrogen-bond acceptors (Lipinski definition) is 2. The Balaban J connectivity index is -0.0000000197. The van der Waals surface area contributed by atoms with Gasteiger partial charge in [-0.2, -0.15) is 0 Å². The van der Waals surface area contributed by atoms with Crippen LogP contribution >= 0.6 is 0 Å². The quantitative estimate of drug-likeness (QED) is 0.395. The summed E-state index contributed by atoms with van der Waals surface area (Å²) < 4.78 is 0. The van der Waals surface area contributed by atoms with Crippen LogP contribution in [0.25, 0.3) is 0 Å². The molecule has 0 spiro atoms. The molecule has 0 atom stereocenters. The molecule has 0 aliphatic carbocycles. The molecule has 23 heavy (non-hydrogen) atoms. The molecule has 0 aliphatic heterocycles. The molecule has 0 unspecified atom stereocenters. The van der Waals surface area contributed by atoms with Gasteiger partial charge in [0.05, 0.1) is 26.2 Å². The standard InChI is InChI=1S/4C3H9N.C2H4O2.3FH/c4*1-2-3-4;1-2(3)4;;;/h4*2-4H2,1H3;1H3,(H,3,4);3*1H. The second kappa shape index (κ2) is 83.6. The summed E-state index contributed by atoms with van der Waals surface area (Å²) in [4.78, 5) is 8.89. The molecule has 0 heterocycles. The molecule has 0 bridgehead atoms. The molecule has 0 aromatic carbocycles. The first-order chi connectivity index (χ1) is 9.39. The monoisotopic (exact) mass is 356 g/mol. The van der Waals surface area contributed by atoms with E-state index in [0.717, 1.165) is 33.1 Å². The van der Waals surface area contributed by atoms with Crippen LogP contribution in [-0.4, -0.2) is 32.1 Å². The maximum Gasteiger partial charge on any atom is 0.0737 e. The molecule has 0 saturated heterocycles. The second-order valence-electron chi connectivity index (χ2n) is 3.91. The number of carboxylic acids is 1. The van der Waals surface area contributed by atoms with Crippen molar-refractivity contribution in [2.75, 3.05) is 26.2 Å². The summed E-state index contributed by atoms with van der Waals surface area (Å²) in [6.45, 7) is 13.7. The Morgan fingerprint density at radius 1 is 0.652 bits per heavy atom. The third kappa shape index (κ3) is 801. The Kier molecular flexibility index (Phi) is 180. The van der Waals surface area contributed by atoms with Crippen molar-refractivity contribution >= 4 is 5.97 Å². The van der Waals surface area contributed by atoms with Gasteiger partial charge in [-0.1, -0.05) is 27.7 Å². The lowest BCUT2D eigenvalue weighted by atomic mass is 10.5. The van der Waals surface area contributed by atoms with E-state index in [2.05, 4.69) is 50.6 Å². The minimum Gasteiger partial charge on any atom is -1.00 e. The molecule has 0 saturated carbocycles. The third-order valence-electron chi connectivity index (χ3n) is 1.41. The molecule has 0 aromatic rings. The van der Waals surface area contributed by atoms with Crippen LogP contribution in [0.4, 0.5) is 0 Å². The molecule has 6 nitrogen and oxygen atoms in total. The summed E-state index contributed by atoms with van der Waals surface area (Å²) in [5.41, 5.74) is 14.4. The highest BCUT2D eigenvalue weighted by Gasteiger charge is 1.61. The highest BCUT2D eigenvalue weighted by molar-refractivity contribution is 5.60. The minimum absolute atomic E-state index is 0. The molecule has 12 N–H and O–H groups in total. The number of rotatable bonds is 4. The summed E-state index contributed by atoms with van der Waals surface area (Å²) in [5.74, 6) is -1.08. The SMILES string of the molecule is CC(=O)[O-].CCC[NH3+].CCC[NH3+].CCC[NH3+].CCC[NH3+].[F-].[F-].[F-]. The van der Waals surface area contributed by atoms with E-state index in [-0.39, 0.29) is 14.1 Å². The molecule has 152 valence electrons. The van der Waals surface area contributed by atoms with Crippen LogP contribution in [0.2, 0.25) is 0 Å². The summed E-state index contributed by atoms with van der Waals surface area (Å²) in [5, 5.41) is 8.89. The van der Waals surface area contributed by atoms with Crippen molar-refractivity contribution < 1.29 is 46.9 Å². The Morgan fingerprint density at radius 2 is 0.696 bits per heavy atom. The predicted molar refractivity (Wildman–Crippen MR) is 82.9 cm³/mol. The minimum atomic E-state index is -1.08. The zero-order valence-corrected chi connectivity index (χ0v) is 15.9. The van der Waals surface area contributed by atoms with Gasteiger partial charge in [-0.25, -0.2) is 0 Å². The first-order valence-electron chi connectivity index (χ1n) is 7.74. The van der Waals surface area contributed by atoms with Gasteiger partial charge in [0.2, 0.25) is 0 Å². The number of aliphatic carboxylic acids is 1. The molecule has 0 rings (SSSR count). The van der Waals surface area contributed by atoms with Crippen LogP contribution in [0.3, 0.4) is 0 Å². The second-order valence-corrected chi connectivity index (χ2v) is 3.91. The van der Waals surface area contributed by atoms with E-state index in [1.807, 2.05) is 0 Å². The van der Waals surface area contributed by atoms with Crippen molar-refractivity contribution in [3.05, 3.63) is 0 Å². The van der Waals surface area contributed by atoms with Crippen LogP contribution in [0.5, 0.6) is 0 Å². The van der Waals surface area contributed by atoms with E-state index in [4.69, 9.17) is 9.90 Å². The van der Waals surface area contributed by atoms with Gasteiger partial charge in [-0.15, -0.1) is 0 Å². The topological polar surface area (TPSA) is 151 Å². The van der Waals surface area contributed by atoms with E-state index >= 15 is 0 Å². The van der Waals surface area contributed by atoms with E-state index in [1.54, 1.807) is 0 Å². The van der Waals surface area contributed by atoms with E-state index in [9.17, 15) is 0 Å². The van der Waals surface area contributed by atoms with Gasteiger partial charge < -0.3 is 46.9 Å². The van der Waals surface area contributed by atoms with Gasteiger partial charge in [0, 0.05) is 5.97 Å². The summed E-state index contributed by atoms with van der Waals surface area (Å²) >= 11 is 0. The average Bonchev–Trinajstić information content (AvgIpc) is 2.47. The van der Waals surface area contributed by atoms with Crippen molar-refractivity contribution in [3.8, 4) is 0 Å². The Bertz CT molecular complexity index is 111. The lowest BCUT2D eigenvalue weighted by Gasteiger charge is -1.77. The lowest BCUT2D eigenvalue weighted by molar-refractivity contribution is -0.367. The molecule has 0 aliphatic rings. The van der Waals surface area contributed by atoms with Crippen LogP contribution < -0.4 is 42.2 Å². The smallest absolute Gasteiger partial charge is 0.0737 e. The molecule has 9 heteroatoms. The zero-order valence-electron chi connectivity index (χ0n) is 15.9. The van der Waals surface area contributed by atoms with Crippen molar-refractivity contribution in [3.63, 3.8) is 0 Å². The van der Waals surface area contributed by atoms with E-state index in [0.29, 0.717) is 0 Å². The van der Waals surface area contributed by atoms with Crippen LogP contribution in [0.15, 0.2) is 0 Å². The predicted octanol–water partition coefficient (Wildman–Crippen LogP) is -11.7. The number of quaternary nitrogens is 4. The van der Waals surface area contributed by atoms with Crippen molar-refractivity contribution in [2.45, 2.75) is 60.3 Å². The average molecular weight is 357 g/mol. The van der Waals surface area contributed by atoms with Crippen molar-refractivity contribution in [1.29, 1.82) is 0 Å². The highest BCUT2D eigenvalue weighted by Crippen LogP contribution is 1.55. The number of hydrogen-bond donors (Lipinski definition) is 4. The van der Waals surface area contributed by atoms with E-state index < -0.39 is 5.97 Å². The summed E-state index contributed by atoms with van der Waals surface area (Å²) in [6.07, 6.45) is 4.83. The number of halogens is 3. The Morgan fingerprint density at radius 3 is 0.696 bits per heavy atom. The number of carbonyl (C=O) groups is 1. The molecule has 0 amide bonds. The highest BCUT2D eigenvalue weighted by atomic mass is 19.0. The summed E-state index contributed by atoms with van der Waals surface area (Å²) in [7, 11) is 0. The fourth-order valence-corrected chi connectivity index (χ4v) is 0. The van der Waals surface area contributed by atoms with Crippen LogP contribution in [0, 0.1) is 0 Å². The molecule has 0 radical (unpaired) electrons. The third-order valence-corrected chi connectivity index (χ3v) is 1.41. The van der Waals surface area contributed by atoms with Gasteiger partial charge in [0.25, 0.3) is 0 Å². The fourth-order valence-electron chi connectivity index (χ4n) is 0. The van der Waals surface area contributed by atoms with Crippen molar-refractivity contribution in [1.82, 2.24) is 0 Å². The zero-order chi connectivity index (χ0) is 17.2. The first kappa shape index (κ1) is 49.5. The first-order valence-corrected chi connectivity index (χ1v) is 7.74. The molecular weight excluding hydrogens is 313 g/mol. The number of carboxylic acid groups (broad SMARTS) is 1. The van der Waals surface area contributed by atoms with Gasteiger partial charge in [-0.05, 0) is 32.6 Å². The lowest BCUT2D eigenvalue weighted by Crippen LogP contribution is -3.00. The Labute approximate surface area is 140 Å². The van der Waals surface area contributed by atoms with Crippen LogP contribution in [-0.2, 0) is 4.79 Å². The number of carbonyl (C=O) groups excluding carboxylic acids is 1. The maximum atomic E-state index is 8.89. The van der Waals surface area contributed by atoms with Crippen molar-refractivity contribution in [2.24, 2.45) is 0 Å². The molecule has 0 fully saturated rings. The van der Waals surface area contributed by atoms with Crippen LogP contribution in [0.1, 0.15) is 60.3 Å². The van der Waals surface area contributed by atoms with E-state index in [1.165, 1.54) is 25.7 Å². The van der Waals surface area contributed by atoms with Gasteiger partial charge in [-0.3, -0.25) is 0 Å². The van der Waals surface area contributed by atoms with Gasteiger partial charge in [0.1, 0.15) is 0 Å². The van der Waals surface area contributed by atoms with Gasteiger partial charge in [0.15, 0.2) is 0 Å². The maximum absolute atomic E-state index is 8.89. The van der Waals surface area contributed by atoms with Gasteiger partial charge >= 0.3 is 0 Å².